The molecule has 7 heteroatoms. The van der Waals surface area contributed by atoms with Crippen LogP contribution in [0.15, 0.2) is 34.7 Å². The second-order valence-corrected chi connectivity index (χ2v) is 7.62. The third-order valence-electron chi connectivity index (χ3n) is 5.14. The number of ether oxygens (including phenoxy) is 2. The summed E-state index contributed by atoms with van der Waals surface area (Å²) in [4.78, 5) is 4.58. The molecule has 0 atom stereocenters. The fraction of sp³-hybridized carbons (Fsp3) is 0.409. The Hall–Kier alpha value is -1.24. The number of benzene rings is 2. The predicted octanol–water partition coefficient (Wildman–Crippen LogP) is 4.56. The van der Waals surface area contributed by atoms with Crippen molar-refractivity contribution in [2.75, 3.05) is 13.7 Å². The van der Waals surface area contributed by atoms with E-state index in [0.717, 1.165) is 35.5 Å². The van der Waals surface area contributed by atoms with E-state index < -0.39 is 0 Å². The molecular formula is C22H24ClNNaO4. The Morgan fingerprint density at radius 1 is 1.17 bits per heavy atom. The van der Waals surface area contributed by atoms with Crippen LogP contribution in [0.5, 0.6) is 11.5 Å². The molecule has 0 spiro atoms. The molecule has 29 heavy (non-hydrogen) atoms. The summed E-state index contributed by atoms with van der Waals surface area (Å²) in [5, 5.41) is 9.87. The Kier molecular flexibility index (Phi) is 7.88. The third kappa shape index (κ3) is 5.28. The first-order valence-electron chi connectivity index (χ1n) is 9.68. The van der Waals surface area contributed by atoms with E-state index in [1.165, 1.54) is 12.8 Å². The summed E-state index contributed by atoms with van der Waals surface area (Å²) in [5.74, 6) is 2.12. The molecule has 0 aliphatic heterocycles. The molecule has 1 N–H and O–H groups in total. The van der Waals surface area contributed by atoms with Crippen molar-refractivity contribution >= 4 is 52.3 Å². The van der Waals surface area contributed by atoms with Gasteiger partial charge in [0.05, 0.1) is 13.2 Å². The second kappa shape index (κ2) is 10.2. The first-order chi connectivity index (χ1) is 13.7. The van der Waals surface area contributed by atoms with Crippen LogP contribution in [0.2, 0.25) is 5.02 Å². The number of fused-ring (bicyclic) bond motifs is 1. The fourth-order valence-corrected chi connectivity index (χ4v) is 4.01. The zero-order chi connectivity index (χ0) is 19.5. The molecule has 0 bridgehead atoms. The number of aromatic nitrogens is 1. The Labute approximate surface area is 197 Å². The van der Waals surface area contributed by atoms with Crippen molar-refractivity contribution in [3.63, 3.8) is 0 Å². The SMILES string of the molecule is COc1ccc(Cc2nc3cc(Cl)cc(CCO)c3o2)cc1OC1CCCC1.[Na]. The van der Waals surface area contributed by atoms with Crippen LogP contribution < -0.4 is 9.47 Å². The summed E-state index contributed by atoms with van der Waals surface area (Å²) >= 11 is 6.17. The molecule has 3 aromatic rings. The van der Waals surface area contributed by atoms with E-state index in [4.69, 9.17) is 25.5 Å². The number of rotatable bonds is 7. The maximum absolute atomic E-state index is 9.28. The average Bonchev–Trinajstić information content (AvgIpc) is 3.32. The van der Waals surface area contributed by atoms with Crippen LogP contribution in [0.4, 0.5) is 0 Å². The molecule has 4 rings (SSSR count). The maximum Gasteiger partial charge on any atom is 0.199 e. The summed E-state index contributed by atoms with van der Waals surface area (Å²) in [6.07, 6.45) is 5.89. The van der Waals surface area contributed by atoms with Gasteiger partial charge < -0.3 is 19.0 Å². The minimum Gasteiger partial charge on any atom is -0.493 e. The quantitative estimate of drug-likeness (QED) is 0.563. The minimum absolute atomic E-state index is 0. The number of aliphatic hydroxyl groups is 1. The van der Waals surface area contributed by atoms with E-state index in [9.17, 15) is 5.11 Å². The number of hydrogen-bond donors (Lipinski definition) is 1. The van der Waals surface area contributed by atoms with Gasteiger partial charge in [0.1, 0.15) is 5.52 Å². The van der Waals surface area contributed by atoms with Gasteiger partial charge in [0.2, 0.25) is 0 Å². The van der Waals surface area contributed by atoms with E-state index in [2.05, 4.69) is 4.98 Å². The fourth-order valence-electron chi connectivity index (χ4n) is 3.78. The number of oxazole rings is 1. The minimum atomic E-state index is 0. The first-order valence-corrected chi connectivity index (χ1v) is 10.1. The standard InChI is InChI=1S/C22H24ClNO4.Na/c1-26-19-7-6-14(10-20(19)27-17-4-2-3-5-17)11-21-24-18-13-16(23)12-15(8-9-25)22(18)28-21;/h6-7,10,12-13,17,25H,2-5,8-9,11H2,1H3;. The van der Waals surface area contributed by atoms with E-state index in [-0.39, 0.29) is 42.3 Å². The topological polar surface area (TPSA) is 64.7 Å². The summed E-state index contributed by atoms with van der Waals surface area (Å²) in [6, 6.07) is 9.53. The second-order valence-electron chi connectivity index (χ2n) is 7.18. The average molecular weight is 425 g/mol. The molecule has 1 radical (unpaired) electrons. The van der Waals surface area contributed by atoms with E-state index >= 15 is 0 Å². The molecule has 0 saturated heterocycles. The van der Waals surface area contributed by atoms with Gasteiger partial charge in [-0.15, -0.1) is 0 Å². The van der Waals surface area contributed by atoms with Crippen molar-refractivity contribution in [1.82, 2.24) is 4.98 Å². The molecule has 1 heterocycles. The monoisotopic (exact) mass is 424 g/mol. The molecule has 0 unspecified atom stereocenters. The van der Waals surface area contributed by atoms with Gasteiger partial charge in [-0.2, -0.15) is 0 Å². The van der Waals surface area contributed by atoms with Crippen molar-refractivity contribution in [2.24, 2.45) is 0 Å². The van der Waals surface area contributed by atoms with Crippen molar-refractivity contribution in [3.8, 4) is 11.5 Å². The molecule has 5 nitrogen and oxygen atoms in total. The van der Waals surface area contributed by atoms with Crippen LogP contribution in [0.1, 0.15) is 42.7 Å². The summed E-state index contributed by atoms with van der Waals surface area (Å²) in [5.41, 5.74) is 3.30. The van der Waals surface area contributed by atoms with E-state index in [0.29, 0.717) is 34.9 Å². The predicted molar refractivity (Wildman–Crippen MR) is 114 cm³/mol. The number of nitrogens with zero attached hydrogens (tertiary/aromatic N) is 1. The van der Waals surface area contributed by atoms with Gasteiger partial charge in [-0.3, -0.25) is 0 Å². The number of hydrogen-bond acceptors (Lipinski definition) is 5. The van der Waals surface area contributed by atoms with Crippen LogP contribution in [-0.4, -0.2) is 59.5 Å². The van der Waals surface area contributed by atoms with E-state index in [1.54, 1.807) is 13.2 Å². The maximum atomic E-state index is 9.28. The van der Waals surface area contributed by atoms with Gasteiger partial charge in [0.25, 0.3) is 0 Å². The van der Waals surface area contributed by atoms with Gasteiger partial charge in [0.15, 0.2) is 23.0 Å². The van der Waals surface area contributed by atoms with Gasteiger partial charge in [-0.05, 0) is 61.9 Å². The molecule has 1 aliphatic rings. The van der Waals surface area contributed by atoms with Crippen LogP contribution in [0.25, 0.3) is 11.1 Å². The van der Waals surface area contributed by atoms with E-state index in [1.807, 2.05) is 24.3 Å². The van der Waals surface area contributed by atoms with Crippen LogP contribution >= 0.6 is 11.6 Å². The smallest absolute Gasteiger partial charge is 0.199 e. The van der Waals surface area contributed by atoms with Crippen LogP contribution in [-0.2, 0) is 12.8 Å². The number of methoxy groups -OCH3 is 1. The molecule has 1 aliphatic carbocycles. The van der Waals surface area contributed by atoms with Gasteiger partial charge >= 0.3 is 0 Å². The Morgan fingerprint density at radius 3 is 2.69 bits per heavy atom. The number of aliphatic hydroxyl groups excluding tert-OH is 1. The Bertz CT molecular complexity index is 969. The zero-order valence-electron chi connectivity index (χ0n) is 16.9. The summed E-state index contributed by atoms with van der Waals surface area (Å²) in [7, 11) is 1.66. The third-order valence-corrected chi connectivity index (χ3v) is 5.35. The zero-order valence-corrected chi connectivity index (χ0v) is 19.7. The van der Waals surface area contributed by atoms with Crippen molar-refractivity contribution in [3.05, 3.63) is 52.4 Å². The molecule has 1 aromatic heterocycles. The largest absolute Gasteiger partial charge is 0.493 e. The molecule has 2 aromatic carbocycles. The van der Waals surface area contributed by atoms with Gasteiger partial charge in [-0.25, -0.2) is 4.98 Å². The summed E-state index contributed by atoms with van der Waals surface area (Å²) < 4.78 is 17.6. The normalized spacial score (nSPS) is 14.2. The molecule has 149 valence electrons. The van der Waals surface area contributed by atoms with Crippen molar-refractivity contribution < 1.29 is 19.0 Å². The molecule has 1 fully saturated rings. The van der Waals surface area contributed by atoms with Crippen LogP contribution in [0.3, 0.4) is 0 Å². The summed E-state index contributed by atoms with van der Waals surface area (Å²) in [6.45, 7) is 0.0336. The molecule has 1 saturated carbocycles. The first kappa shape index (κ1) is 22.4. The van der Waals surface area contributed by atoms with Crippen LogP contribution in [0, 0.1) is 0 Å². The Balaban J connectivity index is 0.00000240. The number of halogens is 1. The molecule has 0 amide bonds. The van der Waals surface area contributed by atoms with Gasteiger partial charge in [-0.1, -0.05) is 17.7 Å². The van der Waals surface area contributed by atoms with Crippen molar-refractivity contribution in [1.29, 1.82) is 0 Å². The molecular weight excluding hydrogens is 401 g/mol. The van der Waals surface area contributed by atoms with Crippen molar-refractivity contribution in [2.45, 2.75) is 44.6 Å². The Morgan fingerprint density at radius 2 is 1.97 bits per heavy atom. The van der Waals surface area contributed by atoms with Gasteiger partial charge in [0, 0.05) is 53.2 Å².